The molecular weight excluding hydrogens is 262 g/mol. The summed E-state index contributed by atoms with van der Waals surface area (Å²) in [4.78, 5) is 21.1. The molecule has 3 N–H and O–H groups in total. The molecule has 1 amide bonds. The molecule has 0 aromatic heterocycles. The van der Waals surface area contributed by atoms with Crippen molar-refractivity contribution in [3.63, 3.8) is 0 Å². The summed E-state index contributed by atoms with van der Waals surface area (Å²) >= 11 is 0. The van der Waals surface area contributed by atoms with E-state index < -0.39 is 11.0 Å². The molecule has 7 nitrogen and oxygen atoms in total. The molecule has 2 aromatic rings. The van der Waals surface area contributed by atoms with Gasteiger partial charge < -0.3 is 15.7 Å². The van der Waals surface area contributed by atoms with Crippen LogP contribution in [0.3, 0.4) is 0 Å². The van der Waals surface area contributed by atoms with E-state index in [1.165, 1.54) is 0 Å². The fourth-order valence-electron chi connectivity index (χ4n) is 1.96. The largest absolute Gasteiger partial charge is 0.465 e. The minimum Gasteiger partial charge on any atom is -0.465 e. The molecule has 0 bridgehead atoms. The van der Waals surface area contributed by atoms with Gasteiger partial charge in [0.05, 0.1) is 10.3 Å². The highest BCUT2D eigenvalue weighted by atomic mass is 16.6. The van der Waals surface area contributed by atoms with Gasteiger partial charge in [0.15, 0.2) is 0 Å². The molecule has 0 aliphatic rings. The minimum atomic E-state index is -1.13. The highest BCUT2D eigenvalue weighted by Gasteiger charge is 2.17. The second-order valence-electron chi connectivity index (χ2n) is 4.10. The first-order valence-corrected chi connectivity index (χ1v) is 5.96. The van der Waals surface area contributed by atoms with E-state index >= 15 is 0 Å². The summed E-state index contributed by atoms with van der Waals surface area (Å²) in [6, 6.07) is 10.5. The number of amides is 1. The van der Waals surface area contributed by atoms with Crippen LogP contribution < -0.4 is 10.6 Å². The second kappa shape index (κ2) is 5.87. The number of nitro benzene ring substituents is 1. The van der Waals surface area contributed by atoms with Gasteiger partial charge in [0.25, 0.3) is 5.69 Å². The zero-order chi connectivity index (χ0) is 14.5. The fourth-order valence-corrected chi connectivity index (χ4v) is 1.96. The van der Waals surface area contributed by atoms with Gasteiger partial charge in [0.1, 0.15) is 5.69 Å². The summed E-state index contributed by atoms with van der Waals surface area (Å²) in [6.45, 7) is 0.435. The van der Waals surface area contributed by atoms with Crippen molar-refractivity contribution in [3.05, 3.63) is 46.5 Å². The Morgan fingerprint density at radius 1 is 1.20 bits per heavy atom. The van der Waals surface area contributed by atoms with Crippen molar-refractivity contribution in [2.24, 2.45) is 0 Å². The Morgan fingerprint density at radius 2 is 1.95 bits per heavy atom. The average Bonchev–Trinajstić information content (AvgIpc) is 2.42. The molecule has 0 unspecified atom stereocenters. The van der Waals surface area contributed by atoms with E-state index in [0.29, 0.717) is 11.1 Å². The van der Waals surface area contributed by atoms with Crippen LogP contribution in [-0.2, 0) is 0 Å². The summed E-state index contributed by atoms with van der Waals surface area (Å²) in [7, 11) is 0. The Balaban J connectivity index is 2.26. The third-order valence-corrected chi connectivity index (χ3v) is 2.80. The number of carboxylic acid groups (broad SMARTS) is 1. The van der Waals surface area contributed by atoms with Crippen LogP contribution in [0.5, 0.6) is 0 Å². The first-order chi connectivity index (χ1) is 9.59. The number of nitro groups is 1. The fraction of sp³-hybridized carbons (Fsp3) is 0.154. The lowest BCUT2D eigenvalue weighted by Gasteiger charge is -2.09. The number of benzene rings is 2. The van der Waals surface area contributed by atoms with Gasteiger partial charge in [-0.05, 0) is 17.5 Å². The number of nitrogens with one attached hydrogen (secondary N) is 2. The van der Waals surface area contributed by atoms with Crippen LogP contribution >= 0.6 is 0 Å². The molecule has 2 rings (SSSR count). The summed E-state index contributed by atoms with van der Waals surface area (Å²) in [6.07, 6.45) is -1.13. The van der Waals surface area contributed by atoms with Crippen LogP contribution in [0.25, 0.3) is 10.8 Å². The quantitative estimate of drug-likeness (QED) is 0.441. The van der Waals surface area contributed by atoms with Crippen LogP contribution in [0.1, 0.15) is 0 Å². The summed E-state index contributed by atoms with van der Waals surface area (Å²) in [5.74, 6) is 0. The topological polar surface area (TPSA) is 104 Å². The van der Waals surface area contributed by atoms with E-state index in [0.717, 1.165) is 5.39 Å². The van der Waals surface area contributed by atoms with Crippen molar-refractivity contribution in [1.82, 2.24) is 5.32 Å². The molecule has 0 radical (unpaired) electrons. The summed E-state index contributed by atoms with van der Waals surface area (Å²) in [5.41, 5.74) is 0.374. The summed E-state index contributed by atoms with van der Waals surface area (Å²) in [5, 5.41) is 26.1. The lowest BCUT2D eigenvalue weighted by Crippen LogP contribution is -2.27. The van der Waals surface area contributed by atoms with Crippen LogP contribution in [0.15, 0.2) is 36.4 Å². The molecule has 104 valence electrons. The second-order valence-corrected chi connectivity index (χ2v) is 4.10. The van der Waals surface area contributed by atoms with Crippen LogP contribution in [-0.4, -0.2) is 29.2 Å². The molecule has 0 atom stereocenters. The zero-order valence-electron chi connectivity index (χ0n) is 10.5. The number of hydrogen-bond acceptors (Lipinski definition) is 4. The van der Waals surface area contributed by atoms with Crippen molar-refractivity contribution >= 4 is 28.2 Å². The SMILES string of the molecule is O=C(O)NCCNc1ccc2ccccc2c1[N+](=O)[O-]. The standard InChI is InChI=1S/C13H13N3O4/c17-13(18)15-8-7-14-11-6-5-9-3-1-2-4-10(9)12(11)16(19)20/h1-6,14-15H,7-8H2,(H,17,18). The Morgan fingerprint density at radius 3 is 2.65 bits per heavy atom. The summed E-state index contributed by atoms with van der Waals surface area (Å²) < 4.78 is 0. The Hall–Kier alpha value is -2.83. The van der Waals surface area contributed by atoms with E-state index in [-0.39, 0.29) is 18.8 Å². The minimum absolute atomic E-state index is 0.00146. The van der Waals surface area contributed by atoms with Crippen LogP contribution in [0.2, 0.25) is 0 Å². The molecule has 0 heterocycles. The average molecular weight is 275 g/mol. The Labute approximate surface area is 114 Å². The van der Waals surface area contributed by atoms with Crippen molar-refractivity contribution < 1.29 is 14.8 Å². The van der Waals surface area contributed by atoms with E-state index in [1.807, 2.05) is 6.07 Å². The molecule has 7 heteroatoms. The van der Waals surface area contributed by atoms with Gasteiger partial charge in [0.2, 0.25) is 0 Å². The normalized spacial score (nSPS) is 10.2. The molecule has 0 aliphatic heterocycles. The van der Waals surface area contributed by atoms with Crippen molar-refractivity contribution in [1.29, 1.82) is 0 Å². The first-order valence-electron chi connectivity index (χ1n) is 5.96. The molecule has 0 aliphatic carbocycles. The molecule has 0 saturated carbocycles. The molecular formula is C13H13N3O4. The number of nitrogens with zero attached hydrogens (tertiary/aromatic N) is 1. The zero-order valence-corrected chi connectivity index (χ0v) is 10.5. The highest BCUT2D eigenvalue weighted by Crippen LogP contribution is 2.33. The lowest BCUT2D eigenvalue weighted by molar-refractivity contribution is -0.382. The smallest absolute Gasteiger partial charge is 0.404 e. The van der Waals surface area contributed by atoms with Gasteiger partial charge in [-0.3, -0.25) is 10.1 Å². The van der Waals surface area contributed by atoms with Crippen molar-refractivity contribution in [3.8, 4) is 0 Å². The van der Waals surface area contributed by atoms with Crippen LogP contribution in [0.4, 0.5) is 16.2 Å². The molecule has 2 aromatic carbocycles. The van der Waals surface area contributed by atoms with Crippen molar-refractivity contribution in [2.45, 2.75) is 0 Å². The maximum Gasteiger partial charge on any atom is 0.404 e. The predicted molar refractivity (Wildman–Crippen MR) is 75.1 cm³/mol. The molecule has 0 saturated heterocycles. The first kappa shape index (κ1) is 13.6. The van der Waals surface area contributed by atoms with Gasteiger partial charge in [-0.1, -0.05) is 24.3 Å². The van der Waals surface area contributed by atoms with Gasteiger partial charge in [-0.15, -0.1) is 0 Å². The Kier molecular flexibility index (Phi) is 3.99. The number of hydrogen-bond donors (Lipinski definition) is 3. The predicted octanol–water partition coefficient (Wildman–Crippen LogP) is 2.43. The number of anilines is 1. The van der Waals surface area contributed by atoms with E-state index in [9.17, 15) is 14.9 Å². The third-order valence-electron chi connectivity index (χ3n) is 2.80. The number of fused-ring (bicyclic) bond motifs is 1. The number of rotatable bonds is 5. The third kappa shape index (κ3) is 2.94. The maximum absolute atomic E-state index is 11.2. The van der Waals surface area contributed by atoms with Gasteiger partial charge >= 0.3 is 6.09 Å². The molecule has 0 spiro atoms. The monoisotopic (exact) mass is 275 g/mol. The van der Waals surface area contributed by atoms with E-state index in [4.69, 9.17) is 5.11 Å². The van der Waals surface area contributed by atoms with Gasteiger partial charge in [-0.2, -0.15) is 0 Å². The Bertz CT molecular complexity index is 657. The van der Waals surface area contributed by atoms with Gasteiger partial charge in [0, 0.05) is 13.1 Å². The van der Waals surface area contributed by atoms with Gasteiger partial charge in [-0.25, -0.2) is 4.79 Å². The van der Waals surface area contributed by atoms with Crippen molar-refractivity contribution in [2.75, 3.05) is 18.4 Å². The maximum atomic E-state index is 11.2. The number of carbonyl (C=O) groups is 1. The van der Waals surface area contributed by atoms with E-state index in [1.54, 1.807) is 30.3 Å². The molecule has 0 fully saturated rings. The van der Waals surface area contributed by atoms with E-state index in [2.05, 4.69) is 10.6 Å². The molecule has 20 heavy (non-hydrogen) atoms. The highest BCUT2D eigenvalue weighted by molar-refractivity contribution is 5.96. The lowest BCUT2D eigenvalue weighted by atomic mass is 10.1. The van der Waals surface area contributed by atoms with Crippen LogP contribution in [0, 0.1) is 10.1 Å².